The molecule has 0 atom stereocenters. The summed E-state index contributed by atoms with van der Waals surface area (Å²) in [7, 11) is 0. The van der Waals surface area contributed by atoms with Gasteiger partial charge in [-0.25, -0.2) is 0 Å². The van der Waals surface area contributed by atoms with E-state index in [1.54, 1.807) is 12.2 Å². The van der Waals surface area contributed by atoms with Gasteiger partial charge in [-0.1, -0.05) is 52.0 Å². The van der Waals surface area contributed by atoms with Crippen molar-refractivity contribution in [3.8, 4) is 0 Å². The molecule has 0 spiro atoms. The first kappa shape index (κ1) is 29.6. The van der Waals surface area contributed by atoms with Crippen molar-refractivity contribution in [2.45, 2.75) is 66.2 Å². The first-order chi connectivity index (χ1) is 18.5. The molecular formula is C32H44N4O2. The van der Waals surface area contributed by atoms with E-state index in [1.807, 2.05) is 24.6 Å². The van der Waals surface area contributed by atoms with Crippen molar-refractivity contribution < 1.29 is 9.59 Å². The molecule has 1 saturated carbocycles. The quantitative estimate of drug-likeness (QED) is 0.292. The normalized spacial score (nSPS) is 19.9. The van der Waals surface area contributed by atoms with E-state index >= 15 is 0 Å². The third-order valence-electron chi connectivity index (χ3n) is 6.79. The Balaban J connectivity index is 1.68. The smallest absolute Gasteiger partial charge is 0.194 e. The lowest BCUT2D eigenvalue weighted by molar-refractivity contribution is -0.117. The van der Waals surface area contributed by atoms with E-state index in [-0.39, 0.29) is 11.6 Å². The molecule has 1 fully saturated rings. The van der Waals surface area contributed by atoms with Crippen molar-refractivity contribution in [3.05, 3.63) is 71.1 Å². The van der Waals surface area contributed by atoms with Crippen molar-refractivity contribution >= 4 is 23.0 Å². The Morgan fingerprint density at radius 2 is 1.00 bits per heavy atom. The minimum Gasteiger partial charge on any atom is -0.300 e. The predicted octanol–water partition coefficient (Wildman–Crippen LogP) is 5.80. The third-order valence-corrected chi connectivity index (χ3v) is 6.79. The molecule has 6 heteroatoms. The van der Waals surface area contributed by atoms with Crippen molar-refractivity contribution in [3.63, 3.8) is 0 Å². The number of rotatable bonds is 14. The number of allylic oxidation sites excluding steroid dienone is 8. The van der Waals surface area contributed by atoms with Crippen LogP contribution in [-0.4, -0.2) is 72.1 Å². The van der Waals surface area contributed by atoms with E-state index in [9.17, 15) is 9.59 Å². The van der Waals surface area contributed by atoms with Crippen LogP contribution in [0.15, 0.2) is 81.1 Å². The molecule has 0 aliphatic heterocycles. The summed E-state index contributed by atoms with van der Waals surface area (Å²) in [6, 6.07) is 0. The van der Waals surface area contributed by atoms with Gasteiger partial charge in [0.25, 0.3) is 0 Å². The number of ketones is 2. The van der Waals surface area contributed by atoms with Crippen LogP contribution in [0.3, 0.4) is 0 Å². The standard InChI is InChI=1S/C32H44N4O2/c1-5-17-35(18-6-2)21-9-15-33-25-11-13-27-29(23-25)31(37)28-14-12-26(24-30(28)32(27)38)34-16-10-22-36(19-7-3)20-8-4/h9-10,13-16,23-24H,5-8,11-12,17-22H2,1-4H3. The number of hydrogen-bond acceptors (Lipinski definition) is 6. The fourth-order valence-corrected chi connectivity index (χ4v) is 5.06. The summed E-state index contributed by atoms with van der Waals surface area (Å²) in [5.41, 5.74) is 3.50. The molecular weight excluding hydrogens is 472 g/mol. The second kappa shape index (κ2) is 15.5. The largest absolute Gasteiger partial charge is 0.300 e. The van der Waals surface area contributed by atoms with Gasteiger partial charge in [-0.05, 0) is 64.0 Å². The van der Waals surface area contributed by atoms with Crippen LogP contribution in [0.2, 0.25) is 0 Å². The molecule has 0 N–H and O–H groups in total. The van der Waals surface area contributed by atoms with Gasteiger partial charge in [0.15, 0.2) is 11.6 Å². The molecule has 0 saturated heterocycles. The zero-order valence-electron chi connectivity index (χ0n) is 23.7. The van der Waals surface area contributed by atoms with Gasteiger partial charge >= 0.3 is 0 Å². The SMILES string of the molecule is CCCN(CC=CN=C1C=C2C(=O)C3=CCC(=NC=CCN(CCC)CCC)C=C3C(=O)C2=CC1)CCC. The summed E-state index contributed by atoms with van der Waals surface area (Å²) >= 11 is 0. The fourth-order valence-electron chi connectivity index (χ4n) is 5.06. The number of fused-ring (bicyclic) bond motifs is 2. The van der Waals surface area contributed by atoms with Crippen LogP contribution < -0.4 is 0 Å². The maximum absolute atomic E-state index is 13.3. The number of carbonyl (C=O) groups excluding carboxylic acids is 2. The van der Waals surface area contributed by atoms with Crippen LogP contribution in [-0.2, 0) is 9.59 Å². The van der Waals surface area contributed by atoms with E-state index in [0.717, 1.165) is 76.4 Å². The molecule has 0 aromatic heterocycles. The zero-order chi connectivity index (χ0) is 27.3. The highest BCUT2D eigenvalue weighted by Crippen LogP contribution is 2.35. The topological polar surface area (TPSA) is 65.3 Å². The zero-order valence-corrected chi connectivity index (χ0v) is 23.7. The lowest BCUT2D eigenvalue weighted by Gasteiger charge is -2.26. The molecule has 0 amide bonds. The second-order valence-corrected chi connectivity index (χ2v) is 10.0. The second-order valence-electron chi connectivity index (χ2n) is 10.0. The molecule has 38 heavy (non-hydrogen) atoms. The summed E-state index contributed by atoms with van der Waals surface area (Å²) in [5, 5.41) is 0. The Morgan fingerprint density at radius 1 is 0.632 bits per heavy atom. The Bertz CT molecular complexity index is 1010. The lowest BCUT2D eigenvalue weighted by Crippen LogP contribution is -2.30. The Hall–Kier alpha value is -2.96. The summed E-state index contributed by atoms with van der Waals surface area (Å²) in [6.45, 7) is 14.8. The molecule has 6 nitrogen and oxygen atoms in total. The molecule has 0 heterocycles. The summed E-state index contributed by atoms with van der Waals surface area (Å²) in [4.78, 5) is 40.6. The van der Waals surface area contributed by atoms with E-state index < -0.39 is 0 Å². The van der Waals surface area contributed by atoms with E-state index in [2.05, 4.69) is 59.6 Å². The van der Waals surface area contributed by atoms with Crippen molar-refractivity contribution in [2.24, 2.45) is 9.98 Å². The number of carbonyl (C=O) groups is 2. The predicted molar refractivity (Wildman–Crippen MR) is 159 cm³/mol. The molecule has 0 radical (unpaired) electrons. The molecule has 0 aromatic carbocycles. The van der Waals surface area contributed by atoms with E-state index in [1.165, 1.54) is 0 Å². The Morgan fingerprint density at radius 3 is 1.34 bits per heavy atom. The van der Waals surface area contributed by atoms with Crippen LogP contribution in [0.5, 0.6) is 0 Å². The molecule has 0 bridgehead atoms. The van der Waals surface area contributed by atoms with Crippen molar-refractivity contribution in [2.75, 3.05) is 39.3 Å². The molecule has 0 unspecified atom stereocenters. The van der Waals surface area contributed by atoms with Gasteiger partial charge in [0, 0.05) is 72.0 Å². The fraction of sp³-hybridized carbons (Fsp3) is 0.500. The summed E-state index contributed by atoms with van der Waals surface area (Å²) in [6.07, 6.45) is 20.7. The minimum atomic E-state index is -0.0973. The third kappa shape index (κ3) is 8.02. The number of aliphatic imine (C=N–C) groups is 2. The van der Waals surface area contributed by atoms with Crippen LogP contribution in [0.25, 0.3) is 0 Å². The minimum absolute atomic E-state index is 0.0973. The van der Waals surface area contributed by atoms with Gasteiger partial charge in [-0.15, -0.1) is 0 Å². The van der Waals surface area contributed by atoms with Gasteiger partial charge < -0.3 is 0 Å². The molecule has 0 aromatic rings. The number of hydrogen-bond donors (Lipinski definition) is 0. The molecule has 3 aliphatic carbocycles. The molecule has 204 valence electrons. The van der Waals surface area contributed by atoms with Crippen molar-refractivity contribution in [1.29, 1.82) is 0 Å². The molecule has 3 aliphatic rings. The van der Waals surface area contributed by atoms with Gasteiger partial charge in [-0.3, -0.25) is 29.4 Å². The van der Waals surface area contributed by atoms with Gasteiger partial charge in [-0.2, -0.15) is 0 Å². The van der Waals surface area contributed by atoms with E-state index in [0.29, 0.717) is 35.1 Å². The molecule has 3 rings (SSSR count). The van der Waals surface area contributed by atoms with Gasteiger partial charge in [0.1, 0.15) is 0 Å². The van der Waals surface area contributed by atoms with Crippen LogP contribution in [0.1, 0.15) is 66.2 Å². The maximum atomic E-state index is 13.3. The highest BCUT2D eigenvalue weighted by atomic mass is 16.1. The monoisotopic (exact) mass is 516 g/mol. The first-order valence-corrected chi connectivity index (χ1v) is 14.3. The number of nitrogens with zero attached hydrogens (tertiary/aromatic N) is 4. The van der Waals surface area contributed by atoms with Crippen LogP contribution in [0.4, 0.5) is 0 Å². The highest BCUT2D eigenvalue weighted by Gasteiger charge is 2.37. The van der Waals surface area contributed by atoms with Gasteiger partial charge in [0.2, 0.25) is 0 Å². The van der Waals surface area contributed by atoms with E-state index in [4.69, 9.17) is 0 Å². The van der Waals surface area contributed by atoms with Crippen LogP contribution >= 0.6 is 0 Å². The van der Waals surface area contributed by atoms with Gasteiger partial charge in [0.05, 0.1) is 0 Å². The maximum Gasteiger partial charge on any atom is 0.194 e. The highest BCUT2D eigenvalue weighted by molar-refractivity contribution is 6.37. The number of Topliss-reactive ketones (excluding diaryl/α,β-unsaturated/α-hetero) is 2. The average Bonchev–Trinajstić information content (AvgIpc) is 2.92. The first-order valence-electron chi connectivity index (χ1n) is 14.3. The van der Waals surface area contributed by atoms with Crippen LogP contribution in [0, 0.1) is 0 Å². The summed E-state index contributed by atoms with van der Waals surface area (Å²) in [5.74, 6) is -0.195. The lowest BCUT2D eigenvalue weighted by atomic mass is 9.75. The Kier molecular flexibility index (Phi) is 12.0. The summed E-state index contributed by atoms with van der Waals surface area (Å²) < 4.78 is 0. The average molecular weight is 517 g/mol. The van der Waals surface area contributed by atoms with Crippen molar-refractivity contribution in [1.82, 2.24) is 9.80 Å². The Labute approximate surface area is 229 Å².